The van der Waals surface area contributed by atoms with Crippen LogP contribution in [-0.2, 0) is 0 Å². The molecule has 1 aliphatic heterocycles. The molecule has 0 radical (unpaired) electrons. The first kappa shape index (κ1) is 11.9. The minimum absolute atomic E-state index is 0.826. The Balaban J connectivity index is 0.000000561. The first-order valence-electron chi connectivity index (χ1n) is 5.25. The van der Waals surface area contributed by atoms with E-state index in [1.165, 1.54) is 32.5 Å². The molecule has 1 saturated heterocycles. The summed E-state index contributed by atoms with van der Waals surface area (Å²) in [6, 6.07) is 0.826. The molecule has 0 aromatic carbocycles. The molecule has 1 aliphatic rings. The standard InChI is InChI=1S/C8H18N2.C2H6/c1-3-4-5-10(2)8-6-9-7-8;1-2/h8-9H,3-7H2,1-2H3;1-2H3. The number of likely N-dealkylation sites (N-methyl/N-ethyl adjacent to an activating group) is 1. The van der Waals surface area contributed by atoms with Gasteiger partial charge in [0.25, 0.3) is 0 Å². The van der Waals surface area contributed by atoms with Gasteiger partial charge in [0, 0.05) is 19.1 Å². The third kappa shape index (κ3) is 4.07. The van der Waals surface area contributed by atoms with Gasteiger partial charge in [0.2, 0.25) is 0 Å². The maximum atomic E-state index is 3.28. The zero-order valence-electron chi connectivity index (χ0n) is 9.06. The number of nitrogens with one attached hydrogen (secondary N) is 1. The van der Waals surface area contributed by atoms with Gasteiger partial charge >= 0.3 is 0 Å². The van der Waals surface area contributed by atoms with E-state index >= 15 is 0 Å². The Morgan fingerprint density at radius 3 is 2.25 bits per heavy atom. The largest absolute Gasteiger partial charge is 0.314 e. The van der Waals surface area contributed by atoms with Gasteiger partial charge in [-0.1, -0.05) is 27.2 Å². The van der Waals surface area contributed by atoms with E-state index in [-0.39, 0.29) is 0 Å². The summed E-state index contributed by atoms with van der Waals surface area (Å²) >= 11 is 0. The topological polar surface area (TPSA) is 15.3 Å². The van der Waals surface area contributed by atoms with Crippen molar-refractivity contribution in [2.45, 2.75) is 39.7 Å². The molecule has 0 aliphatic carbocycles. The van der Waals surface area contributed by atoms with Gasteiger partial charge in [0.15, 0.2) is 0 Å². The van der Waals surface area contributed by atoms with Crippen LogP contribution < -0.4 is 5.32 Å². The van der Waals surface area contributed by atoms with E-state index in [0.29, 0.717) is 0 Å². The number of unbranched alkanes of at least 4 members (excludes halogenated alkanes) is 1. The lowest BCUT2D eigenvalue weighted by Crippen LogP contribution is -2.55. The molecule has 0 aromatic heterocycles. The van der Waals surface area contributed by atoms with E-state index in [1.54, 1.807) is 0 Å². The van der Waals surface area contributed by atoms with Gasteiger partial charge in [-0.3, -0.25) is 0 Å². The molecule has 12 heavy (non-hydrogen) atoms. The number of hydrogen-bond acceptors (Lipinski definition) is 2. The lowest BCUT2D eigenvalue weighted by atomic mass is 10.1. The van der Waals surface area contributed by atoms with E-state index in [1.807, 2.05) is 13.8 Å². The summed E-state index contributed by atoms with van der Waals surface area (Å²) in [6.07, 6.45) is 2.65. The van der Waals surface area contributed by atoms with Crippen molar-refractivity contribution in [3.63, 3.8) is 0 Å². The second-order valence-corrected chi connectivity index (χ2v) is 3.15. The van der Waals surface area contributed by atoms with Crippen molar-refractivity contribution in [1.82, 2.24) is 10.2 Å². The highest BCUT2D eigenvalue weighted by Gasteiger charge is 2.20. The van der Waals surface area contributed by atoms with E-state index in [2.05, 4.69) is 24.2 Å². The number of rotatable bonds is 4. The monoisotopic (exact) mass is 172 g/mol. The second-order valence-electron chi connectivity index (χ2n) is 3.15. The van der Waals surface area contributed by atoms with Gasteiger partial charge in [-0.05, 0) is 20.0 Å². The zero-order valence-corrected chi connectivity index (χ0v) is 9.06. The first-order chi connectivity index (χ1) is 5.84. The number of hydrogen-bond donors (Lipinski definition) is 1. The molecular formula is C10H24N2. The van der Waals surface area contributed by atoms with E-state index in [0.717, 1.165) is 6.04 Å². The van der Waals surface area contributed by atoms with Gasteiger partial charge in [-0.15, -0.1) is 0 Å². The normalized spacial score (nSPS) is 16.8. The Labute approximate surface area is 77.3 Å². The molecule has 0 unspecified atom stereocenters. The lowest BCUT2D eigenvalue weighted by Gasteiger charge is -2.35. The van der Waals surface area contributed by atoms with Gasteiger partial charge in [0.1, 0.15) is 0 Å². The van der Waals surface area contributed by atoms with Crippen molar-refractivity contribution < 1.29 is 0 Å². The van der Waals surface area contributed by atoms with E-state index < -0.39 is 0 Å². The summed E-state index contributed by atoms with van der Waals surface area (Å²) in [4.78, 5) is 2.46. The highest BCUT2D eigenvalue weighted by atomic mass is 15.2. The molecule has 0 saturated carbocycles. The Kier molecular flexibility index (Phi) is 7.51. The van der Waals surface area contributed by atoms with Crippen LogP contribution in [0, 0.1) is 0 Å². The number of nitrogens with zero attached hydrogens (tertiary/aromatic N) is 1. The van der Waals surface area contributed by atoms with Crippen LogP contribution in [0.2, 0.25) is 0 Å². The average Bonchev–Trinajstić information content (AvgIpc) is 2.01. The quantitative estimate of drug-likeness (QED) is 0.694. The Bertz CT molecular complexity index is 89.8. The molecule has 0 amide bonds. The summed E-state index contributed by atoms with van der Waals surface area (Å²) in [5, 5.41) is 3.28. The first-order valence-corrected chi connectivity index (χ1v) is 5.25. The smallest absolute Gasteiger partial charge is 0.0342 e. The van der Waals surface area contributed by atoms with Crippen LogP contribution >= 0.6 is 0 Å². The summed E-state index contributed by atoms with van der Waals surface area (Å²) in [5.74, 6) is 0. The van der Waals surface area contributed by atoms with Crippen LogP contribution in [0.3, 0.4) is 0 Å². The van der Waals surface area contributed by atoms with Crippen LogP contribution in [0.25, 0.3) is 0 Å². The van der Waals surface area contributed by atoms with Crippen molar-refractivity contribution in [1.29, 1.82) is 0 Å². The molecule has 1 fully saturated rings. The van der Waals surface area contributed by atoms with E-state index in [9.17, 15) is 0 Å². The molecule has 0 atom stereocenters. The highest BCUT2D eigenvalue weighted by Crippen LogP contribution is 2.02. The second kappa shape index (κ2) is 7.56. The van der Waals surface area contributed by atoms with Crippen LogP contribution in [-0.4, -0.2) is 37.6 Å². The van der Waals surface area contributed by atoms with Crippen LogP contribution in [0.5, 0.6) is 0 Å². The summed E-state index contributed by atoms with van der Waals surface area (Å²) in [5.41, 5.74) is 0. The molecule has 1 rings (SSSR count). The summed E-state index contributed by atoms with van der Waals surface area (Å²) < 4.78 is 0. The fourth-order valence-corrected chi connectivity index (χ4v) is 1.18. The van der Waals surface area contributed by atoms with Crippen molar-refractivity contribution in [3.8, 4) is 0 Å². The average molecular weight is 172 g/mol. The molecule has 1 N–H and O–H groups in total. The Hall–Kier alpha value is -0.0800. The van der Waals surface area contributed by atoms with Crippen LogP contribution in [0.15, 0.2) is 0 Å². The fraction of sp³-hybridized carbons (Fsp3) is 1.00. The summed E-state index contributed by atoms with van der Waals surface area (Å²) in [7, 11) is 2.22. The van der Waals surface area contributed by atoms with Gasteiger partial charge in [0.05, 0.1) is 0 Å². The third-order valence-electron chi connectivity index (χ3n) is 2.25. The van der Waals surface area contributed by atoms with E-state index in [4.69, 9.17) is 0 Å². The molecular weight excluding hydrogens is 148 g/mol. The SMILES string of the molecule is CC.CCCCN(C)C1CNC1. The molecule has 1 heterocycles. The van der Waals surface area contributed by atoms with Gasteiger partial charge < -0.3 is 10.2 Å². The zero-order chi connectivity index (χ0) is 9.40. The molecule has 0 spiro atoms. The molecule has 2 heteroatoms. The minimum Gasteiger partial charge on any atom is -0.314 e. The van der Waals surface area contributed by atoms with Gasteiger partial charge in [-0.25, -0.2) is 0 Å². The van der Waals surface area contributed by atoms with Gasteiger partial charge in [-0.2, -0.15) is 0 Å². The van der Waals surface area contributed by atoms with Crippen molar-refractivity contribution in [2.75, 3.05) is 26.7 Å². The molecule has 0 aromatic rings. The highest BCUT2D eigenvalue weighted by molar-refractivity contribution is 4.82. The minimum atomic E-state index is 0.826. The van der Waals surface area contributed by atoms with Crippen molar-refractivity contribution >= 4 is 0 Å². The lowest BCUT2D eigenvalue weighted by molar-refractivity contribution is 0.178. The Morgan fingerprint density at radius 2 is 1.92 bits per heavy atom. The van der Waals surface area contributed by atoms with Crippen molar-refractivity contribution in [3.05, 3.63) is 0 Å². The fourth-order valence-electron chi connectivity index (χ4n) is 1.18. The van der Waals surface area contributed by atoms with Crippen LogP contribution in [0.4, 0.5) is 0 Å². The predicted molar refractivity (Wildman–Crippen MR) is 55.5 cm³/mol. The molecule has 2 nitrogen and oxygen atoms in total. The van der Waals surface area contributed by atoms with Crippen LogP contribution in [0.1, 0.15) is 33.6 Å². The van der Waals surface area contributed by atoms with Crippen molar-refractivity contribution in [2.24, 2.45) is 0 Å². The summed E-state index contributed by atoms with van der Waals surface area (Å²) in [6.45, 7) is 9.90. The maximum absolute atomic E-state index is 3.28. The Morgan fingerprint density at radius 1 is 1.33 bits per heavy atom. The predicted octanol–water partition coefficient (Wildman–Crippen LogP) is 1.72. The molecule has 0 bridgehead atoms. The molecule has 74 valence electrons. The maximum Gasteiger partial charge on any atom is 0.0342 e. The third-order valence-corrected chi connectivity index (χ3v) is 2.25.